The van der Waals surface area contributed by atoms with Crippen LogP contribution in [0.15, 0.2) is 78.9 Å². The zero-order valence-corrected chi connectivity index (χ0v) is 17.2. The van der Waals surface area contributed by atoms with Crippen molar-refractivity contribution < 1.29 is 5.11 Å². The first-order valence-electron chi connectivity index (χ1n) is 10.9. The van der Waals surface area contributed by atoms with Crippen molar-refractivity contribution in [3.05, 3.63) is 90.0 Å². The summed E-state index contributed by atoms with van der Waals surface area (Å²) in [4.78, 5) is 6.24. The van der Waals surface area contributed by atoms with Crippen molar-refractivity contribution in [2.75, 3.05) is 19.6 Å². The van der Waals surface area contributed by atoms with E-state index in [0.29, 0.717) is 11.7 Å². The van der Waals surface area contributed by atoms with Gasteiger partial charge >= 0.3 is 0 Å². The highest BCUT2D eigenvalue weighted by Crippen LogP contribution is 2.40. The van der Waals surface area contributed by atoms with Gasteiger partial charge in [-0.2, -0.15) is 0 Å². The second-order valence-electron chi connectivity index (χ2n) is 8.32. The number of aromatic nitrogens is 1. The van der Waals surface area contributed by atoms with Crippen LogP contribution < -0.4 is 0 Å². The summed E-state index contributed by atoms with van der Waals surface area (Å²) in [5.74, 6) is 0.983. The van der Waals surface area contributed by atoms with Gasteiger partial charge in [0.15, 0.2) is 0 Å². The van der Waals surface area contributed by atoms with Crippen molar-refractivity contribution >= 4 is 10.9 Å². The summed E-state index contributed by atoms with van der Waals surface area (Å²) in [6.45, 7) is 3.21. The molecule has 0 bridgehead atoms. The van der Waals surface area contributed by atoms with Crippen molar-refractivity contribution in [2.45, 2.75) is 25.2 Å². The molecular formula is C27H28N2O. The van der Waals surface area contributed by atoms with Crippen LogP contribution in [0.4, 0.5) is 0 Å². The number of piperidine rings is 1. The highest BCUT2D eigenvalue weighted by Gasteiger charge is 2.26. The summed E-state index contributed by atoms with van der Waals surface area (Å²) < 4.78 is 0. The highest BCUT2D eigenvalue weighted by molar-refractivity contribution is 5.91. The Labute approximate surface area is 178 Å². The minimum Gasteiger partial charge on any atom is -0.508 e. The van der Waals surface area contributed by atoms with Gasteiger partial charge in [0.05, 0.1) is 0 Å². The Kier molecular flexibility index (Phi) is 5.29. The van der Waals surface area contributed by atoms with E-state index in [0.717, 1.165) is 31.6 Å². The molecule has 3 aromatic carbocycles. The number of fused-ring (bicyclic) bond motifs is 1. The lowest BCUT2D eigenvalue weighted by Crippen LogP contribution is -2.34. The lowest BCUT2D eigenvalue weighted by atomic mass is 9.86. The minimum atomic E-state index is 0.415. The number of likely N-dealkylation sites (tertiary alicyclic amines) is 1. The molecule has 3 heteroatoms. The quantitative estimate of drug-likeness (QED) is 0.437. The molecule has 1 aromatic heterocycles. The van der Waals surface area contributed by atoms with Crippen LogP contribution in [0.3, 0.4) is 0 Å². The van der Waals surface area contributed by atoms with E-state index in [-0.39, 0.29) is 0 Å². The molecule has 152 valence electrons. The molecule has 0 aliphatic carbocycles. The van der Waals surface area contributed by atoms with Crippen LogP contribution in [0.2, 0.25) is 0 Å². The van der Waals surface area contributed by atoms with Gasteiger partial charge in [-0.25, -0.2) is 0 Å². The average molecular weight is 397 g/mol. The molecule has 1 aliphatic heterocycles. The molecule has 0 atom stereocenters. The van der Waals surface area contributed by atoms with Gasteiger partial charge in [-0.1, -0.05) is 66.7 Å². The molecule has 0 radical (unpaired) electrons. The number of phenols is 1. The standard InChI is InChI=1S/C27H28N2O/c30-25-13-7-4-8-20(25)14-17-29-18-15-21(16-19-29)26-23-11-5-6-12-24(23)28-27(26)22-9-2-1-3-10-22/h1-13,21,28,30H,14-19H2. The Balaban J connectivity index is 1.34. The number of para-hydroxylation sites is 2. The maximum Gasteiger partial charge on any atom is 0.118 e. The number of H-pyrrole nitrogens is 1. The Morgan fingerprint density at radius 2 is 1.53 bits per heavy atom. The van der Waals surface area contributed by atoms with E-state index in [1.807, 2.05) is 18.2 Å². The molecule has 5 rings (SSSR count). The van der Waals surface area contributed by atoms with Crippen LogP contribution in [0.1, 0.15) is 29.9 Å². The van der Waals surface area contributed by atoms with Gasteiger partial charge in [0.25, 0.3) is 0 Å². The second kappa shape index (κ2) is 8.37. The van der Waals surface area contributed by atoms with Crippen molar-refractivity contribution in [1.82, 2.24) is 9.88 Å². The first-order chi connectivity index (χ1) is 14.8. The molecule has 0 unspecified atom stereocenters. The zero-order chi connectivity index (χ0) is 20.3. The number of benzene rings is 3. The lowest BCUT2D eigenvalue weighted by Gasteiger charge is -2.32. The molecule has 4 aromatic rings. The fourth-order valence-corrected chi connectivity index (χ4v) is 4.87. The van der Waals surface area contributed by atoms with E-state index < -0.39 is 0 Å². The maximum atomic E-state index is 10.0. The van der Waals surface area contributed by atoms with E-state index in [1.54, 1.807) is 6.07 Å². The summed E-state index contributed by atoms with van der Waals surface area (Å²) >= 11 is 0. The monoisotopic (exact) mass is 396 g/mol. The molecule has 3 nitrogen and oxygen atoms in total. The van der Waals surface area contributed by atoms with Gasteiger partial charge in [-0.05, 0) is 67.1 Å². The Bertz CT molecular complexity index is 1120. The van der Waals surface area contributed by atoms with Crippen molar-refractivity contribution in [2.24, 2.45) is 0 Å². The van der Waals surface area contributed by atoms with Crippen LogP contribution >= 0.6 is 0 Å². The van der Waals surface area contributed by atoms with Crippen LogP contribution in [0.25, 0.3) is 22.2 Å². The first kappa shape index (κ1) is 19.0. The third-order valence-electron chi connectivity index (χ3n) is 6.49. The zero-order valence-electron chi connectivity index (χ0n) is 17.2. The van der Waals surface area contributed by atoms with Gasteiger partial charge in [-0.3, -0.25) is 0 Å². The molecular weight excluding hydrogens is 368 g/mol. The smallest absolute Gasteiger partial charge is 0.118 e. The number of hydrogen-bond acceptors (Lipinski definition) is 2. The minimum absolute atomic E-state index is 0.415. The third kappa shape index (κ3) is 3.73. The lowest BCUT2D eigenvalue weighted by molar-refractivity contribution is 0.215. The van der Waals surface area contributed by atoms with Crippen molar-refractivity contribution in [3.8, 4) is 17.0 Å². The first-order valence-corrected chi connectivity index (χ1v) is 10.9. The van der Waals surface area contributed by atoms with Gasteiger partial charge in [0.2, 0.25) is 0 Å². The van der Waals surface area contributed by atoms with Gasteiger partial charge < -0.3 is 15.0 Å². The topological polar surface area (TPSA) is 39.3 Å². The van der Waals surface area contributed by atoms with E-state index >= 15 is 0 Å². The van der Waals surface area contributed by atoms with E-state index in [1.165, 1.54) is 40.6 Å². The average Bonchev–Trinajstić information content (AvgIpc) is 3.19. The van der Waals surface area contributed by atoms with Crippen LogP contribution in [0.5, 0.6) is 5.75 Å². The Morgan fingerprint density at radius 1 is 0.833 bits per heavy atom. The SMILES string of the molecule is Oc1ccccc1CCN1CCC(c2c(-c3ccccc3)[nH]c3ccccc23)CC1. The Hall–Kier alpha value is -3.04. The molecule has 1 saturated heterocycles. The number of nitrogens with zero attached hydrogens (tertiary/aromatic N) is 1. The van der Waals surface area contributed by atoms with Gasteiger partial charge in [-0.15, -0.1) is 0 Å². The summed E-state index contributed by atoms with van der Waals surface area (Å²) in [6, 6.07) is 27.1. The summed E-state index contributed by atoms with van der Waals surface area (Å²) in [7, 11) is 0. The van der Waals surface area contributed by atoms with Crippen LogP contribution in [-0.4, -0.2) is 34.6 Å². The largest absolute Gasteiger partial charge is 0.508 e. The molecule has 30 heavy (non-hydrogen) atoms. The molecule has 0 saturated carbocycles. The third-order valence-corrected chi connectivity index (χ3v) is 6.49. The van der Waals surface area contributed by atoms with E-state index in [9.17, 15) is 5.11 Å². The van der Waals surface area contributed by atoms with Gasteiger partial charge in [0.1, 0.15) is 5.75 Å². The highest BCUT2D eigenvalue weighted by atomic mass is 16.3. The molecule has 0 amide bonds. The molecule has 1 fully saturated rings. The van der Waals surface area contributed by atoms with Gasteiger partial charge in [0, 0.05) is 23.1 Å². The number of hydrogen-bond donors (Lipinski definition) is 2. The fraction of sp³-hybridized carbons (Fsp3) is 0.259. The Morgan fingerprint density at radius 3 is 2.33 bits per heavy atom. The number of rotatable bonds is 5. The maximum absolute atomic E-state index is 10.0. The fourth-order valence-electron chi connectivity index (χ4n) is 4.87. The molecule has 2 heterocycles. The number of nitrogens with one attached hydrogen (secondary N) is 1. The number of aromatic hydroxyl groups is 1. The molecule has 2 N–H and O–H groups in total. The number of phenolic OH excluding ortho intramolecular Hbond substituents is 1. The normalized spacial score (nSPS) is 15.6. The molecule has 1 aliphatic rings. The predicted octanol–water partition coefficient (Wildman–Crippen LogP) is 5.96. The number of aromatic amines is 1. The summed E-state index contributed by atoms with van der Waals surface area (Å²) in [5.41, 5.74) is 6.31. The van der Waals surface area contributed by atoms with Crippen LogP contribution in [-0.2, 0) is 6.42 Å². The predicted molar refractivity (Wildman–Crippen MR) is 124 cm³/mol. The van der Waals surface area contributed by atoms with Crippen molar-refractivity contribution in [1.29, 1.82) is 0 Å². The summed E-state index contributed by atoms with van der Waals surface area (Å²) in [6.07, 6.45) is 3.24. The van der Waals surface area contributed by atoms with E-state index in [4.69, 9.17) is 0 Å². The summed E-state index contributed by atoms with van der Waals surface area (Å²) in [5, 5.41) is 11.4. The van der Waals surface area contributed by atoms with Crippen molar-refractivity contribution in [3.63, 3.8) is 0 Å². The second-order valence-corrected chi connectivity index (χ2v) is 8.32. The van der Waals surface area contributed by atoms with E-state index in [2.05, 4.69) is 64.5 Å². The van der Waals surface area contributed by atoms with Crippen LogP contribution in [0, 0.1) is 0 Å². The molecule has 0 spiro atoms.